The minimum absolute atomic E-state index is 0.00535. The van der Waals surface area contributed by atoms with Crippen LogP contribution in [0.4, 0.5) is 36.8 Å². The summed E-state index contributed by atoms with van der Waals surface area (Å²) in [6.07, 6.45) is -9.75. The number of fused-ring (bicyclic) bond motifs is 3. The van der Waals surface area contributed by atoms with Crippen molar-refractivity contribution in [3.8, 4) is 0 Å². The zero-order chi connectivity index (χ0) is 25.9. The zero-order valence-corrected chi connectivity index (χ0v) is 19.6. The Kier molecular flexibility index (Phi) is 6.12. The summed E-state index contributed by atoms with van der Waals surface area (Å²) in [5.74, 6) is 0. The summed E-state index contributed by atoms with van der Waals surface area (Å²) in [5.41, 5.74) is -2.67. The molecule has 1 aliphatic heterocycles. The van der Waals surface area contributed by atoms with Crippen LogP contribution in [0.5, 0.6) is 0 Å². The molecule has 35 heavy (non-hydrogen) atoms. The summed E-state index contributed by atoms with van der Waals surface area (Å²) in [4.78, 5) is 13.4. The lowest BCUT2D eigenvalue weighted by Crippen LogP contribution is -2.36. The molecule has 0 aliphatic carbocycles. The smallest absolute Gasteiger partial charge is 0.366 e. The van der Waals surface area contributed by atoms with Crippen molar-refractivity contribution < 1.29 is 35.9 Å². The Balaban J connectivity index is 1.88. The van der Waals surface area contributed by atoms with Crippen LogP contribution in [-0.2, 0) is 23.5 Å². The highest BCUT2D eigenvalue weighted by Gasteiger charge is 2.39. The number of ether oxygens (including phenoxy) is 1. The molecular weight excluding hydrogens is 498 g/mol. The average molecular weight is 519 g/mol. The van der Waals surface area contributed by atoms with Crippen molar-refractivity contribution in [2.24, 2.45) is 0 Å². The van der Waals surface area contributed by atoms with E-state index >= 15 is 0 Å². The van der Waals surface area contributed by atoms with Crippen molar-refractivity contribution in [2.45, 2.75) is 57.7 Å². The lowest BCUT2D eigenvalue weighted by atomic mass is 9.90. The minimum Gasteiger partial charge on any atom is -0.366 e. The molecule has 0 saturated carbocycles. The number of anilines is 1. The minimum atomic E-state index is -5.04. The van der Waals surface area contributed by atoms with Crippen LogP contribution >= 0.6 is 11.6 Å². The molecule has 4 rings (SSSR count). The quantitative estimate of drug-likeness (QED) is 0.347. The van der Waals surface area contributed by atoms with Crippen LogP contribution in [0.25, 0.3) is 10.9 Å². The van der Waals surface area contributed by atoms with Gasteiger partial charge in [0.05, 0.1) is 39.1 Å². The molecule has 4 nitrogen and oxygen atoms in total. The van der Waals surface area contributed by atoms with Crippen LogP contribution in [0.3, 0.4) is 0 Å². The summed E-state index contributed by atoms with van der Waals surface area (Å²) >= 11 is 6.46. The van der Waals surface area contributed by atoms with Gasteiger partial charge in [0.15, 0.2) is 0 Å². The first-order chi connectivity index (χ1) is 16.1. The number of alkyl halides is 6. The van der Waals surface area contributed by atoms with E-state index in [4.69, 9.17) is 16.3 Å². The van der Waals surface area contributed by atoms with Crippen LogP contribution in [0.15, 0.2) is 36.4 Å². The molecule has 188 valence electrons. The van der Waals surface area contributed by atoms with Crippen LogP contribution in [0.1, 0.15) is 55.7 Å². The second-order valence-corrected chi connectivity index (χ2v) is 9.42. The van der Waals surface area contributed by atoms with Crippen molar-refractivity contribution in [3.05, 3.63) is 63.8 Å². The van der Waals surface area contributed by atoms with E-state index in [1.807, 2.05) is 20.8 Å². The van der Waals surface area contributed by atoms with Gasteiger partial charge in [-0.1, -0.05) is 24.6 Å². The first-order valence-corrected chi connectivity index (χ1v) is 11.1. The molecule has 1 unspecified atom stereocenters. The number of carbonyl (C=O) groups is 1. The van der Waals surface area contributed by atoms with E-state index in [9.17, 15) is 31.1 Å². The summed E-state index contributed by atoms with van der Waals surface area (Å²) in [6, 6.07) is 4.90. The predicted molar refractivity (Wildman–Crippen MR) is 120 cm³/mol. The normalized spacial score (nSPS) is 17.9. The fourth-order valence-electron chi connectivity index (χ4n) is 4.52. The van der Waals surface area contributed by atoms with Gasteiger partial charge in [-0.2, -0.15) is 26.3 Å². The van der Waals surface area contributed by atoms with Crippen molar-refractivity contribution in [3.63, 3.8) is 0 Å². The van der Waals surface area contributed by atoms with Crippen LogP contribution in [-0.4, -0.2) is 16.2 Å². The monoisotopic (exact) mass is 518 g/mol. The third-order valence-electron chi connectivity index (χ3n) is 5.87. The van der Waals surface area contributed by atoms with E-state index in [0.717, 1.165) is 5.56 Å². The summed E-state index contributed by atoms with van der Waals surface area (Å²) in [6.45, 7) is 5.62. The van der Waals surface area contributed by atoms with Crippen LogP contribution < -0.4 is 5.32 Å². The van der Waals surface area contributed by atoms with Gasteiger partial charge in [0.1, 0.15) is 0 Å². The van der Waals surface area contributed by atoms with Crippen molar-refractivity contribution >= 4 is 34.2 Å². The number of benzene rings is 2. The maximum absolute atomic E-state index is 13.4. The Morgan fingerprint density at radius 2 is 1.71 bits per heavy atom. The first kappa shape index (κ1) is 25.4. The van der Waals surface area contributed by atoms with E-state index in [1.165, 1.54) is 4.57 Å². The molecule has 0 spiro atoms. The van der Waals surface area contributed by atoms with E-state index in [1.54, 1.807) is 18.2 Å². The number of hydrogen-bond acceptors (Lipinski definition) is 2. The molecule has 1 aliphatic rings. The third-order valence-corrected chi connectivity index (χ3v) is 6.18. The van der Waals surface area contributed by atoms with E-state index in [0.29, 0.717) is 46.6 Å². The lowest BCUT2D eigenvalue weighted by Gasteiger charge is -2.36. The Hall–Kier alpha value is -2.72. The molecule has 1 amide bonds. The fourth-order valence-corrected chi connectivity index (χ4v) is 4.80. The summed E-state index contributed by atoms with van der Waals surface area (Å²) in [7, 11) is 0. The summed E-state index contributed by atoms with van der Waals surface area (Å²) < 4.78 is 87.0. The molecule has 2 aromatic carbocycles. The van der Waals surface area contributed by atoms with Crippen LogP contribution in [0.2, 0.25) is 5.02 Å². The number of amides is 1. The SMILES string of the molecule is CCC1OC(C)(C)Cc2c1n(C(=O)Nc1cc(C(F)(F)F)cc(C(F)(F)F)c1)c1cccc(Cl)c21. The number of aromatic nitrogens is 1. The Labute approximate surface area is 201 Å². The molecule has 1 N–H and O–H groups in total. The highest BCUT2D eigenvalue weighted by atomic mass is 35.5. The number of rotatable bonds is 2. The van der Waals surface area contributed by atoms with Gasteiger partial charge in [-0.05, 0) is 56.2 Å². The topological polar surface area (TPSA) is 43.3 Å². The molecule has 0 saturated heterocycles. The van der Waals surface area contributed by atoms with Gasteiger partial charge in [0, 0.05) is 17.5 Å². The zero-order valence-electron chi connectivity index (χ0n) is 18.9. The van der Waals surface area contributed by atoms with E-state index in [2.05, 4.69) is 5.32 Å². The largest absolute Gasteiger partial charge is 0.416 e. The predicted octanol–water partition coefficient (Wildman–Crippen LogP) is 8.21. The van der Waals surface area contributed by atoms with Crippen LogP contribution in [0, 0.1) is 0 Å². The fraction of sp³-hybridized carbons (Fsp3) is 0.375. The van der Waals surface area contributed by atoms with E-state index < -0.39 is 46.9 Å². The molecular formula is C24H21ClF6N2O2. The number of nitrogens with one attached hydrogen (secondary N) is 1. The first-order valence-electron chi connectivity index (χ1n) is 10.7. The average Bonchev–Trinajstić information content (AvgIpc) is 3.06. The molecule has 0 fully saturated rings. The standard InChI is InChI=1S/C24H21ClF6N2O2/c1-4-18-20-15(11-22(2,3)35-18)19-16(25)6-5-7-17(19)33(20)21(34)32-14-9-12(23(26,27)28)8-13(10-14)24(29,30)31/h5-10,18H,4,11H2,1-3H3,(H,32,34). The Morgan fingerprint density at radius 1 is 1.11 bits per heavy atom. The van der Waals surface area contributed by atoms with Gasteiger partial charge >= 0.3 is 18.4 Å². The second-order valence-electron chi connectivity index (χ2n) is 9.01. The highest BCUT2D eigenvalue weighted by molar-refractivity contribution is 6.36. The Morgan fingerprint density at radius 3 is 2.26 bits per heavy atom. The molecule has 11 heteroatoms. The number of halogens is 7. The van der Waals surface area contributed by atoms with Gasteiger partial charge in [0.25, 0.3) is 0 Å². The molecule has 0 bridgehead atoms. The molecule has 0 radical (unpaired) electrons. The number of carbonyl (C=O) groups excluding carboxylic acids is 1. The molecule has 3 aromatic rings. The van der Waals surface area contributed by atoms with Gasteiger partial charge < -0.3 is 10.1 Å². The number of hydrogen-bond donors (Lipinski definition) is 1. The highest BCUT2D eigenvalue weighted by Crippen LogP contribution is 2.45. The maximum atomic E-state index is 13.4. The summed E-state index contributed by atoms with van der Waals surface area (Å²) in [5, 5.41) is 3.19. The number of nitrogens with zero attached hydrogens (tertiary/aromatic N) is 1. The van der Waals surface area contributed by atoms with E-state index in [-0.39, 0.29) is 6.07 Å². The van der Waals surface area contributed by atoms with Gasteiger partial charge in [-0.25, -0.2) is 4.79 Å². The van der Waals surface area contributed by atoms with Crippen molar-refractivity contribution in [2.75, 3.05) is 5.32 Å². The maximum Gasteiger partial charge on any atom is 0.416 e. The lowest BCUT2D eigenvalue weighted by molar-refractivity contribution is -0.143. The van der Waals surface area contributed by atoms with Gasteiger partial charge in [0.2, 0.25) is 0 Å². The second kappa shape index (κ2) is 8.44. The van der Waals surface area contributed by atoms with Crippen molar-refractivity contribution in [1.29, 1.82) is 0 Å². The molecule has 1 aromatic heterocycles. The third kappa shape index (κ3) is 4.73. The van der Waals surface area contributed by atoms with Crippen molar-refractivity contribution in [1.82, 2.24) is 4.57 Å². The van der Waals surface area contributed by atoms with Gasteiger partial charge in [-0.3, -0.25) is 4.57 Å². The van der Waals surface area contributed by atoms with Gasteiger partial charge in [-0.15, -0.1) is 0 Å². The Bertz CT molecular complexity index is 1280. The molecule has 2 heterocycles. The molecule has 1 atom stereocenters.